The Kier molecular flexibility index (Phi) is 13.9. The predicted molar refractivity (Wildman–Crippen MR) is 230 cm³/mol. The molecule has 63 heavy (non-hydrogen) atoms. The van der Waals surface area contributed by atoms with Crippen molar-refractivity contribution in [1.82, 2.24) is 35.3 Å². The van der Waals surface area contributed by atoms with Gasteiger partial charge in [0.15, 0.2) is 0 Å². The first kappa shape index (κ1) is 44.1. The highest BCUT2D eigenvalue weighted by Crippen LogP contribution is 2.35. The zero-order chi connectivity index (χ0) is 44.6. The van der Waals surface area contributed by atoms with Crippen molar-refractivity contribution in [2.75, 3.05) is 68.4 Å². The molecule has 0 radical (unpaired) electrons. The Bertz CT molecular complexity index is 2500. The molecule has 4 heterocycles. The summed E-state index contributed by atoms with van der Waals surface area (Å²) >= 11 is 5.96. The van der Waals surface area contributed by atoms with E-state index >= 15 is 0 Å². The molecule has 2 fully saturated rings. The maximum absolute atomic E-state index is 13.7. The molecule has 4 aromatic rings. The van der Waals surface area contributed by atoms with Crippen molar-refractivity contribution in [2.45, 2.75) is 38.1 Å². The van der Waals surface area contributed by atoms with Crippen molar-refractivity contribution in [3.05, 3.63) is 89.5 Å². The molecular formula is C43H44ClFN10O8. The lowest BCUT2D eigenvalue weighted by Gasteiger charge is -2.34. The third-order valence-electron chi connectivity index (χ3n) is 10.8. The number of fused-ring (bicyclic) bond motifs is 2. The van der Waals surface area contributed by atoms with Gasteiger partial charge in [-0.05, 0) is 55.3 Å². The van der Waals surface area contributed by atoms with E-state index in [2.05, 4.69) is 48.0 Å². The SMILES string of the molecule is C=CC(=O)Nc1cc2c(Nc3ccc(F)c(Cl)c3)ncnc2cc1OCCCN1CCN(C(=O)CCC(=O)NCCNc2cccc3c2C(=O)N(C2CCC(=O)NC2=O)C3=O)CC1. The molecule has 7 amide bonds. The van der Waals surface area contributed by atoms with E-state index in [0.717, 1.165) is 11.0 Å². The van der Waals surface area contributed by atoms with E-state index < -0.39 is 41.4 Å². The van der Waals surface area contributed by atoms with E-state index in [9.17, 15) is 38.0 Å². The summed E-state index contributed by atoms with van der Waals surface area (Å²) in [5.74, 6) is -3.00. The van der Waals surface area contributed by atoms with Crippen LogP contribution in [0.4, 0.5) is 27.3 Å². The molecule has 3 aromatic carbocycles. The Morgan fingerprint density at radius 3 is 2.54 bits per heavy atom. The monoisotopic (exact) mass is 882 g/mol. The van der Waals surface area contributed by atoms with Gasteiger partial charge in [0.2, 0.25) is 29.5 Å². The Labute approximate surface area is 365 Å². The van der Waals surface area contributed by atoms with Crippen LogP contribution in [0.3, 0.4) is 0 Å². The summed E-state index contributed by atoms with van der Waals surface area (Å²) in [5.41, 5.74) is 2.07. The van der Waals surface area contributed by atoms with Crippen LogP contribution in [0.5, 0.6) is 5.75 Å². The number of nitrogens with zero attached hydrogens (tertiary/aromatic N) is 5. The summed E-state index contributed by atoms with van der Waals surface area (Å²) in [7, 11) is 0. The Hall–Kier alpha value is -6.99. The van der Waals surface area contributed by atoms with Gasteiger partial charge in [0.05, 0.1) is 34.0 Å². The molecule has 1 atom stereocenters. The first-order valence-corrected chi connectivity index (χ1v) is 20.7. The standard InChI is InChI=1S/C43H44ClFN10O8/c1-2-35(56)51-32-22-27-31(48-24-49-40(27)50-25-7-8-29(45)28(44)21-25)23-34(32)63-20-4-15-53-16-18-54(19-17-53)38(59)12-11-36(57)47-14-13-46-30-6-3-5-26-39(30)43(62)55(42(26)61)33-9-10-37(58)52-41(33)60/h2-3,5-8,21-24,33,46H,1,4,9-20H2,(H,47,57)(H,51,56)(H,48,49,50)(H,52,58,60). The molecule has 0 saturated carbocycles. The van der Waals surface area contributed by atoms with Gasteiger partial charge in [0, 0.05) is 87.9 Å². The van der Waals surface area contributed by atoms with Gasteiger partial charge >= 0.3 is 0 Å². The van der Waals surface area contributed by atoms with E-state index in [4.69, 9.17) is 16.3 Å². The highest BCUT2D eigenvalue weighted by atomic mass is 35.5. The predicted octanol–water partition coefficient (Wildman–Crippen LogP) is 3.61. The van der Waals surface area contributed by atoms with Crippen molar-refractivity contribution in [3.8, 4) is 5.75 Å². The third kappa shape index (κ3) is 10.4. The smallest absolute Gasteiger partial charge is 0.264 e. The van der Waals surface area contributed by atoms with Crippen LogP contribution in [0.2, 0.25) is 5.02 Å². The molecule has 7 rings (SSSR count). The van der Waals surface area contributed by atoms with Gasteiger partial charge in [-0.1, -0.05) is 24.2 Å². The van der Waals surface area contributed by atoms with Crippen molar-refractivity contribution < 1.29 is 42.7 Å². The summed E-state index contributed by atoms with van der Waals surface area (Å²) in [4.78, 5) is 102. The second kappa shape index (κ2) is 19.8. The number of benzene rings is 3. The molecule has 3 aliphatic rings. The molecule has 18 nitrogen and oxygen atoms in total. The third-order valence-corrected chi connectivity index (χ3v) is 11.0. The van der Waals surface area contributed by atoms with Crippen LogP contribution in [0.1, 0.15) is 52.8 Å². The summed E-state index contributed by atoms with van der Waals surface area (Å²) in [6.45, 7) is 7.29. The number of ether oxygens (including phenoxy) is 1. The lowest BCUT2D eigenvalue weighted by Crippen LogP contribution is -2.54. The number of hydrogen-bond acceptors (Lipinski definition) is 13. The average molecular weight is 883 g/mol. The minimum Gasteiger partial charge on any atom is -0.491 e. The zero-order valence-electron chi connectivity index (χ0n) is 34.0. The number of imide groups is 2. The number of nitrogens with one attached hydrogen (secondary N) is 5. The molecular weight excluding hydrogens is 839 g/mol. The van der Waals surface area contributed by atoms with Gasteiger partial charge in [-0.15, -0.1) is 0 Å². The van der Waals surface area contributed by atoms with E-state index in [1.54, 1.807) is 29.2 Å². The Balaban J connectivity index is 0.818. The number of piperidine rings is 1. The Morgan fingerprint density at radius 2 is 1.78 bits per heavy atom. The molecule has 328 valence electrons. The molecule has 0 bridgehead atoms. The van der Waals surface area contributed by atoms with Crippen LogP contribution < -0.4 is 31.3 Å². The highest BCUT2D eigenvalue weighted by Gasteiger charge is 2.45. The van der Waals surface area contributed by atoms with Crippen LogP contribution in [-0.2, 0) is 24.0 Å². The number of aromatic nitrogens is 2. The van der Waals surface area contributed by atoms with Crippen LogP contribution in [0, 0.1) is 5.82 Å². The lowest BCUT2D eigenvalue weighted by molar-refractivity contribution is -0.136. The number of carbonyl (C=O) groups is 7. The van der Waals surface area contributed by atoms with Crippen molar-refractivity contribution in [1.29, 1.82) is 0 Å². The maximum atomic E-state index is 13.7. The molecule has 3 aliphatic heterocycles. The Morgan fingerprint density at radius 1 is 0.968 bits per heavy atom. The van der Waals surface area contributed by atoms with Gasteiger partial charge in [-0.2, -0.15) is 0 Å². The zero-order valence-corrected chi connectivity index (χ0v) is 34.8. The number of carbonyl (C=O) groups excluding carboxylic acids is 7. The molecule has 0 spiro atoms. The van der Waals surface area contributed by atoms with Gasteiger partial charge in [-0.3, -0.25) is 48.7 Å². The molecule has 1 aromatic heterocycles. The van der Waals surface area contributed by atoms with Crippen molar-refractivity contribution in [2.24, 2.45) is 0 Å². The second-order valence-electron chi connectivity index (χ2n) is 14.9. The second-order valence-corrected chi connectivity index (χ2v) is 15.3. The molecule has 1 unspecified atom stereocenters. The minimum atomic E-state index is -1.08. The first-order chi connectivity index (χ1) is 30.4. The summed E-state index contributed by atoms with van der Waals surface area (Å²) < 4.78 is 19.8. The number of amides is 7. The first-order valence-electron chi connectivity index (χ1n) is 20.3. The molecule has 0 aliphatic carbocycles. The largest absolute Gasteiger partial charge is 0.491 e. The van der Waals surface area contributed by atoms with Crippen molar-refractivity contribution >= 4 is 86.7 Å². The quantitative estimate of drug-likeness (QED) is 0.0582. The minimum absolute atomic E-state index is 0.00200. The molecule has 20 heteroatoms. The number of halogens is 2. The van der Waals surface area contributed by atoms with Crippen LogP contribution >= 0.6 is 11.6 Å². The highest BCUT2D eigenvalue weighted by molar-refractivity contribution is 6.31. The number of piperazine rings is 1. The summed E-state index contributed by atoms with van der Waals surface area (Å²) in [5, 5.41) is 14.4. The fourth-order valence-corrected chi connectivity index (χ4v) is 7.70. The molecule has 2 saturated heterocycles. The lowest BCUT2D eigenvalue weighted by atomic mass is 10.0. The summed E-state index contributed by atoms with van der Waals surface area (Å²) in [6, 6.07) is 11.2. The van der Waals surface area contributed by atoms with E-state index in [1.807, 2.05) is 0 Å². The topological polar surface area (TPSA) is 224 Å². The van der Waals surface area contributed by atoms with Crippen LogP contribution in [-0.4, -0.2) is 124 Å². The number of rotatable bonds is 17. The normalized spacial score (nSPS) is 16.4. The van der Waals surface area contributed by atoms with Gasteiger partial charge in [-0.25, -0.2) is 14.4 Å². The van der Waals surface area contributed by atoms with E-state index in [1.165, 1.54) is 30.6 Å². The fourth-order valence-electron chi connectivity index (χ4n) is 7.51. The maximum Gasteiger partial charge on any atom is 0.264 e. The van der Waals surface area contributed by atoms with Gasteiger partial charge in [0.1, 0.15) is 29.8 Å². The van der Waals surface area contributed by atoms with Crippen LogP contribution in [0.15, 0.2) is 67.5 Å². The van der Waals surface area contributed by atoms with Gasteiger partial charge < -0.3 is 30.9 Å². The molecule has 5 N–H and O–H groups in total. The van der Waals surface area contributed by atoms with E-state index in [-0.39, 0.29) is 66.7 Å². The average Bonchev–Trinajstić information content (AvgIpc) is 3.53. The number of hydrogen-bond donors (Lipinski definition) is 5. The van der Waals surface area contributed by atoms with Crippen molar-refractivity contribution in [3.63, 3.8) is 0 Å². The van der Waals surface area contributed by atoms with E-state index in [0.29, 0.717) is 85.3 Å². The number of anilines is 4. The fraction of sp³-hybridized carbons (Fsp3) is 0.326. The summed E-state index contributed by atoms with van der Waals surface area (Å²) in [6.07, 6.45) is 3.29. The van der Waals surface area contributed by atoms with Crippen LogP contribution in [0.25, 0.3) is 10.9 Å². The van der Waals surface area contributed by atoms with Gasteiger partial charge in [0.25, 0.3) is 11.8 Å².